The van der Waals surface area contributed by atoms with Gasteiger partial charge in [0.2, 0.25) is 0 Å². The van der Waals surface area contributed by atoms with E-state index in [-0.39, 0.29) is 0 Å². The summed E-state index contributed by atoms with van der Waals surface area (Å²) in [6.07, 6.45) is 3.71. The molecule has 0 saturated carbocycles. The fourth-order valence-corrected chi connectivity index (χ4v) is 2.70. The Morgan fingerprint density at radius 1 is 1.33 bits per heavy atom. The van der Waals surface area contributed by atoms with Crippen LogP contribution in [0.4, 0.5) is 5.69 Å². The molecule has 2 unspecified atom stereocenters. The average molecular weight is 246 g/mol. The van der Waals surface area contributed by atoms with Crippen molar-refractivity contribution in [2.75, 3.05) is 11.9 Å². The highest BCUT2D eigenvalue weighted by Crippen LogP contribution is 2.26. The van der Waals surface area contributed by atoms with Crippen LogP contribution in [0.2, 0.25) is 0 Å². The lowest BCUT2D eigenvalue weighted by Gasteiger charge is -2.18. The predicted molar refractivity (Wildman–Crippen MR) is 79.0 cm³/mol. The summed E-state index contributed by atoms with van der Waals surface area (Å²) in [5.41, 5.74) is 4.27. The first kappa shape index (κ1) is 13.4. The highest BCUT2D eigenvalue weighted by Gasteiger charge is 2.14. The highest BCUT2D eigenvalue weighted by molar-refractivity contribution is 5.61. The van der Waals surface area contributed by atoms with Gasteiger partial charge in [0.25, 0.3) is 0 Å². The lowest BCUT2D eigenvalue weighted by atomic mass is 10.00. The van der Waals surface area contributed by atoms with E-state index in [1.165, 1.54) is 36.1 Å². The summed E-state index contributed by atoms with van der Waals surface area (Å²) in [4.78, 5) is 0. The Labute approximate surface area is 111 Å². The molecule has 100 valence electrons. The monoisotopic (exact) mass is 246 g/mol. The van der Waals surface area contributed by atoms with Crippen molar-refractivity contribution in [2.45, 2.75) is 52.6 Å². The largest absolute Gasteiger partial charge is 0.384 e. The second-order valence-corrected chi connectivity index (χ2v) is 5.66. The maximum atomic E-state index is 3.65. The Hall–Kier alpha value is -1.02. The van der Waals surface area contributed by atoms with Crippen LogP contribution in [0.5, 0.6) is 0 Å². The van der Waals surface area contributed by atoms with Gasteiger partial charge in [0, 0.05) is 24.8 Å². The zero-order valence-corrected chi connectivity index (χ0v) is 11.9. The van der Waals surface area contributed by atoms with E-state index in [2.05, 4.69) is 49.6 Å². The van der Waals surface area contributed by atoms with Crippen molar-refractivity contribution in [2.24, 2.45) is 5.92 Å². The molecule has 0 saturated heterocycles. The molecular formula is C16H26N2. The van der Waals surface area contributed by atoms with Crippen molar-refractivity contribution in [3.05, 3.63) is 29.3 Å². The summed E-state index contributed by atoms with van der Waals surface area (Å²) in [7, 11) is 0. The van der Waals surface area contributed by atoms with Gasteiger partial charge in [-0.15, -0.1) is 0 Å². The van der Waals surface area contributed by atoms with Crippen LogP contribution in [-0.2, 0) is 13.0 Å². The average Bonchev–Trinajstić information content (AvgIpc) is 2.84. The van der Waals surface area contributed by atoms with Crippen LogP contribution in [0.1, 0.15) is 44.7 Å². The van der Waals surface area contributed by atoms with Gasteiger partial charge in [-0.2, -0.15) is 0 Å². The van der Waals surface area contributed by atoms with Gasteiger partial charge in [-0.1, -0.05) is 38.5 Å². The van der Waals surface area contributed by atoms with E-state index in [4.69, 9.17) is 0 Å². The van der Waals surface area contributed by atoms with Crippen LogP contribution in [0.15, 0.2) is 18.2 Å². The summed E-state index contributed by atoms with van der Waals surface area (Å²) in [6.45, 7) is 8.97. The Morgan fingerprint density at radius 2 is 2.17 bits per heavy atom. The summed E-state index contributed by atoms with van der Waals surface area (Å²) in [5, 5.41) is 7.16. The zero-order valence-electron chi connectivity index (χ0n) is 11.9. The number of rotatable bonds is 6. The normalized spacial score (nSPS) is 17.1. The van der Waals surface area contributed by atoms with E-state index in [0.29, 0.717) is 6.04 Å². The Kier molecular flexibility index (Phi) is 4.65. The van der Waals surface area contributed by atoms with Gasteiger partial charge in [-0.25, -0.2) is 0 Å². The summed E-state index contributed by atoms with van der Waals surface area (Å²) < 4.78 is 0. The third kappa shape index (κ3) is 3.26. The molecule has 2 N–H and O–H groups in total. The van der Waals surface area contributed by atoms with Crippen LogP contribution in [-0.4, -0.2) is 12.6 Å². The number of benzene rings is 1. The quantitative estimate of drug-likeness (QED) is 0.802. The predicted octanol–water partition coefficient (Wildman–Crippen LogP) is 3.57. The second kappa shape index (κ2) is 6.24. The molecule has 2 atom stereocenters. The standard InChI is InChI=1S/C16H26N2/c1-4-12(2)10-13(3)18-11-15-7-5-6-14-8-9-17-16(14)15/h5-7,12-13,17-18H,4,8-11H2,1-3H3. The number of anilines is 1. The Balaban J connectivity index is 1.89. The van der Waals surface area contributed by atoms with E-state index < -0.39 is 0 Å². The smallest absolute Gasteiger partial charge is 0.0419 e. The van der Waals surface area contributed by atoms with Gasteiger partial charge in [-0.3, -0.25) is 0 Å². The van der Waals surface area contributed by atoms with Crippen LogP contribution in [0, 0.1) is 5.92 Å². The Bertz CT molecular complexity index is 387. The van der Waals surface area contributed by atoms with E-state index in [1.807, 2.05) is 0 Å². The summed E-state index contributed by atoms with van der Waals surface area (Å²) in [6, 6.07) is 7.25. The molecule has 0 amide bonds. The van der Waals surface area contributed by atoms with Crippen LogP contribution >= 0.6 is 0 Å². The van der Waals surface area contributed by atoms with Crippen LogP contribution < -0.4 is 10.6 Å². The van der Waals surface area contributed by atoms with Gasteiger partial charge in [0.15, 0.2) is 0 Å². The van der Waals surface area contributed by atoms with E-state index in [0.717, 1.165) is 19.0 Å². The SMILES string of the molecule is CCC(C)CC(C)NCc1cccc2c1NCC2. The first-order valence-corrected chi connectivity index (χ1v) is 7.28. The minimum atomic E-state index is 0.595. The van der Waals surface area contributed by atoms with E-state index >= 15 is 0 Å². The van der Waals surface area contributed by atoms with E-state index in [9.17, 15) is 0 Å². The molecule has 0 spiro atoms. The molecule has 1 aliphatic heterocycles. The van der Waals surface area contributed by atoms with Crippen molar-refractivity contribution < 1.29 is 0 Å². The van der Waals surface area contributed by atoms with Crippen molar-refractivity contribution >= 4 is 5.69 Å². The molecule has 1 aromatic carbocycles. The minimum absolute atomic E-state index is 0.595. The van der Waals surface area contributed by atoms with Gasteiger partial charge in [-0.05, 0) is 36.8 Å². The van der Waals surface area contributed by atoms with Crippen LogP contribution in [0.3, 0.4) is 0 Å². The zero-order chi connectivity index (χ0) is 13.0. The first-order chi connectivity index (χ1) is 8.70. The molecule has 2 rings (SSSR count). The molecule has 0 fully saturated rings. The third-order valence-corrected chi connectivity index (χ3v) is 4.03. The maximum Gasteiger partial charge on any atom is 0.0419 e. The minimum Gasteiger partial charge on any atom is -0.384 e. The van der Waals surface area contributed by atoms with Crippen LogP contribution in [0.25, 0.3) is 0 Å². The molecular weight excluding hydrogens is 220 g/mol. The van der Waals surface area contributed by atoms with Gasteiger partial charge >= 0.3 is 0 Å². The van der Waals surface area contributed by atoms with E-state index in [1.54, 1.807) is 0 Å². The van der Waals surface area contributed by atoms with Crippen molar-refractivity contribution in [3.63, 3.8) is 0 Å². The summed E-state index contributed by atoms with van der Waals surface area (Å²) >= 11 is 0. The lowest BCUT2D eigenvalue weighted by Crippen LogP contribution is -2.27. The fraction of sp³-hybridized carbons (Fsp3) is 0.625. The number of hydrogen-bond acceptors (Lipinski definition) is 2. The summed E-state index contributed by atoms with van der Waals surface area (Å²) in [5.74, 6) is 0.812. The molecule has 18 heavy (non-hydrogen) atoms. The lowest BCUT2D eigenvalue weighted by molar-refractivity contribution is 0.412. The Morgan fingerprint density at radius 3 is 2.94 bits per heavy atom. The topological polar surface area (TPSA) is 24.1 Å². The molecule has 2 nitrogen and oxygen atoms in total. The molecule has 2 heteroatoms. The maximum absolute atomic E-state index is 3.65. The van der Waals surface area contributed by atoms with Gasteiger partial charge in [0.1, 0.15) is 0 Å². The number of hydrogen-bond donors (Lipinski definition) is 2. The van der Waals surface area contributed by atoms with Crippen molar-refractivity contribution in [1.82, 2.24) is 5.32 Å². The number of nitrogens with one attached hydrogen (secondary N) is 2. The second-order valence-electron chi connectivity index (χ2n) is 5.66. The number of fused-ring (bicyclic) bond motifs is 1. The van der Waals surface area contributed by atoms with Crippen molar-refractivity contribution in [3.8, 4) is 0 Å². The molecule has 1 aliphatic rings. The highest BCUT2D eigenvalue weighted by atomic mass is 14.9. The molecule has 0 aromatic heterocycles. The number of para-hydroxylation sites is 1. The molecule has 1 heterocycles. The first-order valence-electron chi connectivity index (χ1n) is 7.28. The molecule has 1 aromatic rings. The molecule has 0 radical (unpaired) electrons. The fourth-order valence-electron chi connectivity index (χ4n) is 2.70. The molecule has 0 bridgehead atoms. The van der Waals surface area contributed by atoms with Crippen molar-refractivity contribution in [1.29, 1.82) is 0 Å². The van der Waals surface area contributed by atoms with Gasteiger partial charge < -0.3 is 10.6 Å². The molecule has 0 aliphatic carbocycles. The third-order valence-electron chi connectivity index (χ3n) is 4.03. The van der Waals surface area contributed by atoms with Gasteiger partial charge in [0.05, 0.1) is 0 Å².